The summed E-state index contributed by atoms with van der Waals surface area (Å²) in [6, 6.07) is 0. The Morgan fingerprint density at radius 1 is 0.867 bits per heavy atom. The first-order chi connectivity index (χ1) is 6.28. The van der Waals surface area contributed by atoms with Gasteiger partial charge in [0, 0.05) is 5.16 Å². The maximum atomic E-state index is 14.6. The van der Waals surface area contributed by atoms with Gasteiger partial charge in [-0.15, -0.1) is 0 Å². The van der Waals surface area contributed by atoms with Crippen molar-refractivity contribution in [1.82, 2.24) is 4.00 Å². The molecular formula is C10H27FNPSi2. The quantitative estimate of drug-likeness (QED) is 0.511. The summed E-state index contributed by atoms with van der Waals surface area (Å²) in [5.74, 6) is 0. The van der Waals surface area contributed by atoms with Crippen molar-refractivity contribution in [3.05, 3.63) is 0 Å². The van der Waals surface area contributed by atoms with E-state index in [2.05, 4.69) is 43.3 Å². The maximum absolute atomic E-state index is 14.6. The number of hydrogen-bond donors (Lipinski definition) is 0. The van der Waals surface area contributed by atoms with Gasteiger partial charge in [0.25, 0.3) is 0 Å². The molecule has 1 unspecified atom stereocenters. The van der Waals surface area contributed by atoms with Gasteiger partial charge in [-0.2, -0.15) is 0 Å². The first-order valence-corrected chi connectivity index (χ1v) is 13.6. The van der Waals surface area contributed by atoms with Gasteiger partial charge in [-0.3, -0.25) is 4.00 Å². The van der Waals surface area contributed by atoms with Gasteiger partial charge in [-0.1, -0.05) is 60.1 Å². The van der Waals surface area contributed by atoms with Crippen LogP contribution in [0.15, 0.2) is 0 Å². The molecule has 0 aromatic rings. The average Bonchev–Trinajstić information content (AvgIpc) is 1.76. The van der Waals surface area contributed by atoms with E-state index in [0.29, 0.717) is 0 Å². The summed E-state index contributed by atoms with van der Waals surface area (Å²) in [5, 5.41) is -0.212. The van der Waals surface area contributed by atoms with Crippen LogP contribution in [-0.2, 0) is 0 Å². The Balaban J connectivity index is 5.16. The predicted octanol–water partition coefficient (Wildman–Crippen LogP) is 5.04. The second-order valence-electron chi connectivity index (χ2n) is 7.08. The highest BCUT2D eigenvalue weighted by Crippen LogP contribution is 2.58. The summed E-state index contributed by atoms with van der Waals surface area (Å²) < 4.78 is 16.9. The van der Waals surface area contributed by atoms with Crippen molar-refractivity contribution in [3.63, 3.8) is 0 Å². The Morgan fingerprint density at radius 2 is 1.13 bits per heavy atom. The first-order valence-electron chi connectivity index (χ1n) is 5.54. The lowest BCUT2D eigenvalue weighted by Gasteiger charge is -2.48. The standard InChI is InChI=1S/C10H27FNPSi2/c1-10(2,3)13(11)12(14(4,5)6)15(7,8)9/h1-9H3. The van der Waals surface area contributed by atoms with E-state index in [9.17, 15) is 4.20 Å². The molecule has 1 atom stereocenters. The van der Waals surface area contributed by atoms with Crippen LogP contribution in [0, 0.1) is 0 Å². The van der Waals surface area contributed by atoms with Crippen LogP contribution in [0.3, 0.4) is 0 Å². The summed E-state index contributed by atoms with van der Waals surface area (Å²) >= 11 is 0. The van der Waals surface area contributed by atoms with Gasteiger partial charge in [0.15, 0.2) is 0 Å². The molecule has 1 nitrogen and oxygen atoms in total. The van der Waals surface area contributed by atoms with E-state index in [-0.39, 0.29) is 5.16 Å². The zero-order chi connectivity index (χ0) is 12.7. The molecule has 0 aromatic heterocycles. The van der Waals surface area contributed by atoms with Gasteiger partial charge in [-0.25, -0.2) is 4.20 Å². The van der Waals surface area contributed by atoms with E-state index in [4.69, 9.17) is 0 Å². The minimum atomic E-state index is -1.55. The van der Waals surface area contributed by atoms with Crippen molar-refractivity contribution in [3.8, 4) is 0 Å². The average molecular weight is 267 g/mol. The molecule has 0 aliphatic rings. The Labute approximate surface area is 98.5 Å². The number of halogens is 1. The molecule has 92 valence electrons. The van der Waals surface area contributed by atoms with Crippen LogP contribution in [0.5, 0.6) is 0 Å². The molecule has 15 heavy (non-hydrogen) atoms. The van der Waals surface area contributed by atoms with Crippen molar-refractivity contribution < 1.29 is 4.20 Å². The maximum Gasteiger partial charge on any atom is 0.149 e. The summed E-state index contributed by atoms with van der Waals surface area (Å²) in [7, 11) is -4.60. The van der Waals surface area contributed by atoms with Crippen LogP contribution in [-0.4, -0.2) is 25.6 Å². The van der Waals surface area contributed by atoms with E-state index >= 15 is 0 Å². The van der Waals surface area contributed by atoms with Crippen molar-refractivity contribution in [2.75, 3.05) is 0 Å². The lowest BCUT2D eigenvalue weighted by atomic mass is 10.3. The summed E-state index contributed by atoms with van der Waals surface area (Å²) in [4.78, 5) is 0. The molecule has 0 fully saturated rings. The highest BCUT2D eigenvalue weighted by molar-refractivity contribution is 7.56. The fraction of sp³-hybridized carbons (Fsp3) is 1.00. The number of hydrogen-bond acceptors (Lipinski definition) is 1. The van der Waals surface area contributed by atoms with Crippen molar-refractivity contribution in [1.29, 1.82) is 0 Å². The Morgan fingerprint density at radius 3 is 1.20 bits per heavy atom. The molecule has 0 aliphatic carbocycles. The van der Waals surface area contributed by atoms with Crippen molar-refractivity contribution in [2.24, 2.45) is 0 Å². The van der Waals surface area contributed by atoms with E-state index < -0.39 is 24.9 Å². The van der Waals surface area contributed by atoms with Crippen LogP contribution in [0.4, 0.5) is 4.20 Å². The lowest BCUT2D eigenvalue weighted by Crippen LogP contribution is -2.56. The molecule has 0 amide bonds. The van der Waals surface area contributed by atoms with Gasteiger partial charge < -0.3 is 0 Å². The summed E-state index contributed by atoms with van der Waals surface area (Å²) in [6.45, 7) is 19.6. The number of nitrogens with zero attached hydrogens (tertiary/aromatic N) is 1. The highest BCUT2D eigenvalue weighted by Gasteiger charge is 2.44. The monoisotopic (exact) mass is 267 g/mol. The molecule has 0 saturated carbocycles. The Kier molecular flexibility index (Phi) is 4.78. The highest BCUT2D eigenvalue weighted by atomic mass is 31.2. The lowest BCUT2D eigenvalue weighted by molar-refractivity contribution is 0.670. The summed E-state index contributed by atoms with van der Waals surface area (Å²) in [5.41, 5.74) is 0. The number of rotatable bonds is 3. The van der Waals surface area contributed by atoms with E-state index in [1.807, 2.05) is 20.8 Å². The molecule has 5 heteroatoms. The van der Waals surface area contributed by atoms with Crippen LogP contribution < -0.4 is 0 Å². The molecule has 0 rings (SSSR count). The van der Waals surface area contributed by atoms with E-state index in [1.165, 1.54) is 0 Å². The van der Waals surface area contributed by atoms with Crippen molar-refractivity contribution in [2.45, 2.75) is 65.2 Å². The largest absolute Gasteiger partial charge is 0.298 e. The normalized spacial score (nSPS) is 17.0. The third-order valence-electron chi connectivity index (χ3n) is 2.00. The molecule has 0 spiro atoms. The second-order valence-corrected chi connectivity index (χ2v) is 20.1. The third-order valence-corrected chi connectivity index (χ3v) is 14.7. The fourth-order valence-corrected chi connectivity index (χ4v) is 16.5. The minimum absolute atomic E-state index is 0.212. The molecule has 0 N–H and O–H groups in total. The SMILES string of the molecule is CC(C)(C)P(F)N([Si](C)(C)C)[Si](C)(C)C. The van der Waals surface area contributed by atoms with Crippen molar-refractivity contribution >= 4 is 24.9 Å². The second kappa shape index (κ2) is 4.55. The van der Waals surface area contributed by atoms with Gasteiger partial charge in [0.1, 0.15) is 24.9 Å². The topological polar surface area (TPSA) is 3.24 Å². The molecular weight excluding hydrogens is 240 g/mol. The molecule has 0 aromatic carbocycles. The van der Waals surface area contributed by atoms with Gasteiger partial charge >= 0.3 is 0 Å². The third kappa shape index (κ3) is 4.64. The Hall–Kier alpha value is 0.754. The van der Waals surface area contributed by atoms with Crippen LogP contribution in [0.2, 0.25) is 39.3 Å². The van der Waals surface area contributed by atoms with Gasteiger partial charge in [0.05, 0.1) is 0 Å². The smallest absolute Gasteiger partial charge is 0.149 e. The van der Waals surface area contributed by atoms with E-state index in [0.717, 1.165) is 0 Å². The minimum Gasteiger partial charge on any atom is -0.298 e. The summed E-state index contributed by atoms with van der Waals surface area (Å²) in [6.07, 6.45) is 0. The van der Waals surface area contributed by atoms with Crippen LogP contribution >= 0.6 is 8.38 Å². The fourth-order valence-electron chi connectivity index (χ4n) is 1.83. The van der Waals surface area contributed by atoms with Crippen LogP contribution in [0.1, 0.15) is 20.8 Å². The molecule has 0 aliphatic heterocycles. The zero-order valence-electron chi connectivity index (χ0n) is 11.8. The van der Waals surface area contributed by atoms with Gasteiger partial charge in [-0.05, 0) is 0 Å². The van der Waals surface area contributed by atoms with Gasteiger partial charge in [0.2, 0.25) is 0 Å². The molecule has 0 heterocycles. The van der Waals surface area contributed by atoms with Crippen LogP contribution in [0.25, 0.3) is 0 Å². The molecule has 0 saturated heterocycles. The first kappa shape index (κ1) is 15.8. The molecule has 0 radical (unpaired) electrons. The predicted molar refractivity (Wildman–Crippen MR) is 76.3 cm³/mol. The molecule has 0 bridgehead atoms. The Bertz CT molecular complexity index is 201. The zero-order valence-corrected chi connectivity index (χ0v) is 14.7. The van der Waals surface area contributed by atoms with E-state index in [1.54, 1.807) is 0 Å².